The fourth-order valence-corrected chi connectivity index (χ4v) is 4.45. The van der Waals surface area contributed by atoms with Crippen LogP contribution in [0.1, 0.15) is 84.5 Å². The molecule has 1 aliphatic heterocycles. The van der Waals surface area contributed by atoms with Gasteiger partial charge in [-0.25, -0.2) is 4.68 Å². The van der Waals surface area contributed by atoms with Gasteiger partial charge >= 0.3 is 0 Å². The lowest BCUT2D eigenvalue weighted by molar-refractivity contribution is 0.0499. The molecule has 2 heterocycles. The van der Waals surface area contributed by atoms with Crippen molar-refractivity contribution in [1.82, 2.24) is 30.0 Å². The third-order valence-electron chi connectivity index (χ3n) is 6.50. The quantitative estimate of drug-likeness (QED) is 0.790. The molecule has 0 radical (unpaired) electrons. The molecular weight excluding hydrogens is 312 g/mol. The van der Waals surface area contributed by atoms with Crippen molar-refractivity contribution in [1.29, 1.82) is 0 Å². The smallest absolute Gasteiger partial charge is 0.168 e. The molecule has 0 bridgehead atoms. The summed E-state index contributed by atoms with van der Waals surface area (Å²) in [6, 6.07) is 1.16. The molecule has 25 heavy (non-hydrogen) atoms. The van der Waals surface area contributed by atoms with Gasteiger partial charge in [0.2, 0.25) is 0 Å². The first-order chi connectivity index (χ1) is 12.1. The Balaban J connectivity index is 1.66. The highest BCUT2D eigenvalue weighted by atomic mass is 15.6. The average molecular weight is 349 g/mol. The maximum atomic E-state index is 4.43. The lowest BCUT2D eigenvalue weighted by atomic mass is 9.93. The lowest BCUT2D eigenvalue weighted by Gasteiger charge is -2.43. The maximum absolute atomic E-state index is 4.43. The first-order valence-electron chi connectivity index (χ1n) is 10.3. The Hall–Kier alpha value is -1.01. The van der Waals surface area contributed by atoms with Crippen LogP contribution in [-0.4, -0.2) is 62.2 Å². The SMILES string of the molecule is CC[C@@H](c1nnnn1C(C)(C)CC)N1CCN(C2CCCCC2)CC1. The molecule has 1 aromatic rings. The van der Waals surface area contributed by atoms with Crippen LogP contribution < -0.4 is 0 Å². The molecule has 142 valence electrons. The van der Waals surface area contributed by atoms with Crippen molar-refractivity contribution in [3.63, 3.8) is 0 Å². The molecule has 1 saturated heterocycles. The second-order valence-electron chi connectivity index (χ2n) is 8.40. The highest BCUT2D eigenvalue weighted by molar-refractivity contribution is 4.98. The van der Waals surface area contributed by atoms with Crippen molar-refractivity contribution in [2.45, 2.75) is 90.3 Å². The minimum atomic E-state index is -0.0316. The summed E-state index contributed by atoms with van der Waals surface area (Å²) in [4.78, 5) is 5.34. The number of aromatic nitrogens is 4. The average Bonchev–Trinajstić information content (AvgIpc) is 3.14. The van der Waals surface area contributed by atoms with Crippen LogP contribution in [0, 0.1) is 0 Å². The maximum Gasteiger partial charge on any atom is 0.168 e. The summed E-state index contributed by atoms with van der Waals surface area (Å²) in [5.74, 6) is 1.04. The number of piperazine rings is 1. The number of hydrogen-bond acceptors (Lipinski definition) is 5. The Labute approximate surface area is 152 Å². The van der Waals surface area contributed by atoms with Crippen LogP contribution in [0.3, 0.4) is 0 Å². The van der Waals surface area contributed by atoms with Crippen molar-refractivity contribution in [2.75, 3.05) is 26.2 Å². The summed E-state index contributed by atoms with van der Waals surface area (Å²) in [5.41, 5.74) is -0.0316. The van der Waals surface area contributed by atoms with Crippen molar-refractivity contribution in [3.05, 3.63) is 5.82 Å². The van der Waals surface area contributed by atoms with Gasteiger partial charge in [-0.15, -0.1) is 5.10 Å². The topological polar surface area (TPSA) is 50.1 Å². The molecule has 2 aliphatic rings. The largest absolute Gasteiger partial charge is 0.298 e. The Morgan fingerprint density at radius 2 is 1.72 bits per heavy atom. The zero-order chi connectivity index (χ0) is 17.9. The van der Waals surface area contributed by atoms with Gasteiger partial charge in [0.25, 0.3) is 0 Å². The van der Waals surface area contributed by atoms with Crippen LogP contribution in [0.4, 0.5) is 0 Å². The van der Waals surface area contributed by atoms with Crippen LogP contribution >= 0.6 is 0 Å². The Morgan fingerprint density at radius 1 is 1.04 bits per heavy atom. The van der Waals surface area contributed by atoms with E-state index in [9.17, 15) is 0 Å². The molecule has 0 aromatic carbocycles. The minimum Gasteiger partial charge on any atom is -0.298 e. The number of rotatable bonds is 6. The molecule has 3 rings (SSSR count). The second kappa shape index (κ2) is 8.12. The van der Waals surface area contributed by atoms with E-state index in [-0.39, 0.29) is 5.54 Å². The van der Waals surface area contributed by atoms with Crippen LogP contribution in [0.25, 0.3) is 0 Å². The summed E-state index contributed by atoms with van der Waals surface area (Å²) in [7, 11) is 0. The van der Waals surface area contributed by atoms with E-state index in [1.807, 2.05) is 0 Å². The van der Waals surface area contributed by atoms with Crippen molar-refractivity contribution < 1.29 is 0 Å². The monoisotopic (exact) mass is 348 g/mol. The highest BCUT2D eigenvalue weighted by Gasteiger charge is 2.33. The fourth-order valence-electron chi connectivity index (χ4n) is 4.45. The van der Waals surface area contributed by atoms with Crippen LogP contribution in [0.5, 0.6) is 0 Å². The van der Waals surface area contributed by atoms with Crippen LogP contribution in [0.15, 0.2) is 0 Å². The minimum absolute atomic E-state index is 0.0316. The van der Waals surface area contributed by atoms with Gasteiger partial charge < -0.3 is 0 Å². The molecule has 0 N–H and O–H groups in total. The zero-order valence-corrected chi connectivity index (χ0v) is 16.6. The van der Waals surface area contributed by atoms with Crippen LogP contribution in [-0.2, 0) is 5.54 Å². The lowest BCUT2D eigenvalue weighted by Crippen LogP contribution is -2.52. The predicted molar refractivity (Wildman–Crippen MR) is 100 cm³/mol. The molecule has 0 amide bonds. The van der Waals surface area contributed by atoms with E-state index in [2.05, 4.69) is 57.7 Å². The summed E-state index contributed by atoms with van der Waals surface area (Å²) < 4.78 is 2.06. The summed E-state index contributed by atoms with van der Waals surface area (Å²) in [6.07, 6.45) is 9.16. The normalized spacial score (nSPS) is 23.0. The Bertz CT molecular complexity index is 526. The van der Waals surface area contributed by atoms with Gasteiger partial charge in [-0.1, -0.05) is 33.1 Å². The standard InChI is InChI=1S/C19H36N6/c1-5-17(18-20-21-22-25(18)19(3,4)6-2)24-14-12-23(13-15-24)16-10-8-7-9-11-16/h16-17H,5-15H2,1-4H3/t17-/m0/s1. The number of tetrazole rings is 1. The molecule has 1 aliphatic carbocycles. The van der Waals surface area contributed by atoms with E-state index in [4.69, 9.17) is 0 Å². The first kappa shape index (κ1) is 18.8. The molecule has 1 aromatic heterocycles. The zero-order valence-electron chi connectivity index (χ0n) is 16.6. The van der Waals surface area contributed by atoms with Crippen molar-refractivity contribution in [2.24, 2.45) is 0 Å². The van der Waals surface area contributed by atoms with Gasteiger partial charge in [-0.2, -0.15) is 0 Å². The van der Waals surface area contributed by atoms with Gasteiger partial charge in [0.15, 0.2) is 5.82 Å². The van der Waals surface area contributed by atoms with E-state index in [1.165, 1.54) is 45.2 Å². The summed E-state index contributed by atoms with van der Waals surface area (Å²) in [5, 5.41) is 12.8. The van der Waals surface area contributed by atoms with Crippen LogP contribution in [0.2, 0.25) is 0 Å². The van der Waals surface area contributed by atoms with E-state index in [1.54, 1.807) is 0 Å². The van der Waals surface area contributed by atoms with Gasteiger partial charge in [-0.05, 0) is 50.0 Å². The van der Waals surface area contributed by atoms with Gasteiger partial charge in [0.05, 0.1) is 11.6 Å². The summed E-state index contributed by atoms with van der Waals surface area (Å²) in [6.45, 7) is 13.6. The molecule has 6 heteroatoms. The molecule has 0 unspecified atom stereocenters. The molecule has 1 saturated carbocycles. The van der Waals surface area contributed by atoms with Gasteiger partial charge in [0, 0.05) is 32.2 Å². The third-order valence-corrected chi connectivity index (χ3v) is 6.50. The van der Waals surface area contributed by atoms with E-state index in [0.29, 0.717) is 6.04 Å². The molecule has 6 nitrogen and oxygen atoms in total. The predicted octanol–water partition coefficient (Wildman–Crippen LogP) is 3.22. The van der Waals surface area contributed by atoms with Gasteiger partial charge in [-0.3, -0.25) is 9.80 Å². The summed E-state index contributed by atoms with van der Waals surface area (Å²) >= 11 is 0. The van der Waals surface area contributed by atoms with Crippen molar-refractivity contribution in [3.8, 4) is 0 Å². The third kappa shape index (κ3) is 4.05. The van der Waals surface area contributed by atoms with E-state index in [0.717, 1.165) is 37.8 Å². The number of hydrogen-bond donors (Lipinski definition) is 0. The van der Waals surface area contributed by atoms with Crippen molar-refractivity contribution >= 4 is 0 Å². The highest BCUT2D eigenvalue weighted by Crippen LogP contribution is 2.30. The fraction of sp³-hybridized carbons (Fsp3) is 0.947. The molecule has 1 atom stereocenters. The Morgan fingerprint density at radius 3 is 2.32 bits per heavy atom. The molecular formula is C19H36N6. The molecule has 2 fully saturated rings. The van der Waals surface area contributed by atoms with E-state index < -0.39 is 0 Å². The number of nitrogens with zero attached hydrogens (tertiary/aromatic N) is 6. The van der Waals surface area contributed by atoms with Gasteiger partial charge in [0.1, 0.15) is 0 Å². The molecule has 0 spiro atoms. The first-order valence-corrected chi connectivity index (χ1v) is 10.3. The Kier molecular flexibility index (Phi) is 6.10. The van der Waals surface area contributed by atoms with E-state index >= 15 is 0 Å². The second-order valence-corrected chi connectivity index (χ2v) is 8.40.